The number of aryl methyl sites for hydroxylation is 2. The zero-order valence-electron chi connectivity index (χ0n) is 14.5. The van der Waals surface area contributed by atoms with Crippen molar-refractivity contribution >= 4 is 45.9 Å². The number of guanidine groups is 1. The van der Waals surface area contributed by atoms with Crippen LogP contribution in [0, 0.1) is 0 Å². The summed E-state index contributed by atoms with van der Waals surface area (Å²) in [6.07, 6.45) is 2.92. The molecule has 0 aliphatic rings. The highest BCUT2D eigenvalue weighted by atomic mass is 127. The van der Waals surface area contributed by atoms with Crippen LogP contribution >= 0.6 is 39.9 Å². The van der Waals surface area contributed by atoms with Crippen LogP contribution in [-0.4, -0.2) is 34.2 Å². The summed E-state index contributed by atoms with van der Waals surface area (Å²) < 4.78 is 8.48. The monoisotopic (exact) mass is 509 g/mol. The first-order chi connectivity index (χ1) is 11.0. The Hall–Kier alpha value is -1.03. The van der Waals surface area contributed by atoms with E-state index in [1.54, 1.807) is 0 Å². The maximum Gasteiger partial charge on any atom is 0.194 e. The fourth-order valence-corrected chi connectivity index (χ4v) is 2.83. The van der Waals surface area contributed by atoms with E-state index in [2.05, 4.69) is 60.8 Å². The predicted molar refractivity (Wildman–Crippen MR) is 111 cm³/mol. The molecule has 6 nitrogen and oxygen atoms in total. The van der Waals surface area contributed by atoms with Crippen LogP contribution in [0.1, 0.15) is 31.0 Å². The molecule has 0 saturated heterocycles. The second-order valence-electron chi connectivity index (χ2n) is 5.42. The van der Waals surface area contributed by atoms with Crippen LogP contribution in [0.15, 0.2) is 32.3 Å². The molecule has 0 saturated carbocycles. The summed E-state index contributed by atoms with van der Waals surface area (Å²) in [6.45, 7) is 6.19. The molecule has 0 atom stereocenters. The van der Waals surface area contributed by atoms with Crippen molar-refractivity contribution in [2.24, 2.45) is 12.0 Å². The van der Waals surface area contributed by atoms with Crippen LogP contribution in [0.3, 0.4) is 0 Å². The van der Waals surface area contributed by atoms with Gasteiger partial charge < -0.3 is 19.3 Å². The predicted octanol–water partition coefficient (Wildman–Crippen LogP) is 3.55. The topological polar surface area (TPSA) is 58.6 Å². The van der Waals surface area contributed by atoms with Crippen molar-refractivity contribution in [1.82, 2.24) is 19.9 Å². The standard InChI is InChI=1S/C16H24BrN5O.HI/c1-5-13-8-15(23-20-13)9-19-16(18-6-2)22(4)11-14-7-12(17)10-21(14)3;/h7-8,10H,5-6,9,11H2,1-4H3,(H,18,19);1H. The molecule has 24 heavy (non-hydrogen) atoms. The van der Waals surface area contributed by atoms with Crippen molar-refractivity contribution in [2.45, 2.75) is 33.4 Å². The highest BCUT2D eigenvalue weighted by Crippen LogP contribution is 2.15. The summed E-state index contributed by atoms with van der Waals surface area (Å²) in [7, 11) is 4.07. The maximum atomic E-state index is 5.29. The van der Waals surface area contributed by atoms with Crippen molar-refractivity contribution in [3.8, 4) is 0 Å². The fraction of sp³-hybridized carbons (Fsp3) is 0.500. The smallest absolute Gasteiger partial charge is 0.194 e. The number of nitrogens with one attached hydrogen (secondary N) is 1. The van der Waals surface area contributed by atoms with Crippen LogP contribution in [-0.2, 0) is 26.6 Å². The van der Waals surface area contributed by atoms with E-state index < -0.39 is 0 Å². The van der Waals surface area contributed by atoms with E-state index >= 15 is 0 Å². The molecule has 2 aromatic heterocycles. The van der Waals surface area contributed by atoms with Gasteiger partial charge in [-0.25, -0.2) is 4.99 Å². The van der Waals surface area contributed by atoms with Gasteiger partial charge in [-0.15, -0.1) is 24.0 Å². The molecule has 0 unspecified atom stereocenters. The van der Waals surface area contributed by atoms with E-state index in [1.807, 2.05) is 26.4 Å². The number of hydrogen-bond acceptors (Lipinski definition) is 3. The number of nitrogens with zero attached hydrogens (tertiary/aromatic N) is 4. The Labute approximate surface area is 168 Å². The highest BCUT2D eigenvalue weighted by Gasteiger charge is 2.10. The second kappa shape index (κ2) is 10.1. The van der Waals surface area contributed by atoms with Crippen LogP contribution < -0.4 is 5.32 Å². The van der Waals surface area contributed by atoms with Crippen molar-refractivity contribution < 1.29 is 4.52 Å². The Morgan fingerprint density at radius 3 is 2.71 bits per heavy atom. The van der Waals surface area contributed by atoms with Crippen LogP contribution in [0.5, 0.6) is 0 Å². The number of aromatic nitrogens is 2. The van der Waals surface area contributed by atoms with Crippen molar-refractivity contribution in [3.05, 3.63) is 40.0 Å². The first-order valence-corrected chi connectivity index (χ1v) is 8.57. The Balaban J connectivity index is 0.00000288. The third kappa shape index (κ3) is 5.80. The zero-order chi connectivity index (χ0) is 16.8. The van der Waals surface area contributed by atoms with E-state index in [-0.39, 0.29) is 24.0 Å². The highest BCUT2D eigenvalue weighted by molar-refractivity contribution is 14.0. The zero-order valence-corrected chi connectivity index (χ0v) is 18.5. The van der Waals surface area contributed by atoms with Crippen molar-refractivity contribution in [2.75, 3.05) is 13.6 Å². The first kappa shape index (κ1) is 21.0. The van der Waals surface area contributed by atoms with E-state index in [0.717, 1.165) is 41.4 Å². The lowest BCUT2D eigenvalue weighted by Gasteiger charge is -2.22. The second-order valence-corrected chi connectivity index (χ2v) is 6.34. The Morgan fingerprint density at radius 1 is 1.42 bits per heavy atom. The van der Waals surface area contributed by atoms with Gasteiger partial charge in [-0.3, -0.25) is 0 Å². The molecule has 0 amide bonds. The molecule has 134 valence electrons. The molecule has 0 bridgehead atoms. The minimum Gasteiger partial charge on any atom is -0.359 e. The molecule has 0 spiro atoms. The summed E-state index contributed by atoms with van der Waals surface area (Å²) >= 11 is 3.51. The quantitative estimate of drug-likeness (QED) is 0.367. The van der Waals surface area contributed by atoms with Gasteiger partial charge in [0.2, 0.25) is 0 Å². The molecular weight excluding hydrogens is 485 g/mol. The Bertz CT molecular complexity index is 667. The van der Waals surface area contributed by atoms with Gasteiger partial charge in [-0.05, 0) is 35.3 Å². The van der Waals surface area contributed by atoms with E-state index in [1.165, 1.54) is 5.69 Å². The van der Waals surface area contributed by atoms with Gasteiger partial charge in [0, 0.05) is 43.1 Å². The summed E-state index contributed by atoms with van der Waals surface area (Å²) in [4.78, 5) is 6.74. The lowest BCUT2D eigenvalue weighted by atomic mass is 10.3. The number of rotatable bonds is 6. The van der Waals surface area contributed by atoms with E-state index in [4.69, 9.17) is 4.52 Å². The van der Waals surface area contributed by atoms with Gasteiger partial charge in [0.15, 0.2) is 11.7 Å². The number of aliphatic imine (C=N–C) groups is 1. The van der Waals surface area contributed by atoms with E-state index in [9.17, 15) is 0 Å². The SMILES string of the molecule is CCNC(=NCc1cc(CC)no1)N(C)Cc1cc(Br)cn1C.I. The maximum absolute atomic E-state index is 5.29. The first-order valence-electron chi connectivity index (χ1n) is 7.78. The molecule has 2 aromatic rings. The summed E-state index contributed by atoms with van der Waals surface area (Å²) in [5, 5.41) is 7.31. The molecule has 1 N–H and O–H groups in total. The third-order valence-corrected chi connectivity index (χ3v) is 3.96. The molecule has 2 rings (SSSR count). The van der Waals surface area contributed by atoms with Crippen molar-refractivity contribution in [1.29, 1.82) is 0 Å². The summed E-state index contributed by atoms with van der Waals surface area (Å²) in [6, 6.07) is 4.07. The Kier molecular flexibility index (Phi) is 8.82. The van der Waals surface area contributed by atoms with Gasteiger partial charge in [-0.1, -0.05) is 12.1 Å². The lowest BCUT2D eigenvalue weighted by Crippen LogP contribution is -2.38. The van der Waals surface area contributed by atoms with Crippen LogP contribution in [0.4, 0.5) is 0 Å². The molecule has 0 fully saturated rings. The number of halogens is 2. The molecule has 0 aliphatic heterocycles. The minimum absolute atomic E-state index is 0. The molecular formula is C16H25BrIN5O. The largest absolute Gasteiger partial charge is 0.359 e. The molecule has 2 heterocycles. The molecule has 0 aromatic carbocycles. The molecule has 0 radical (unpaired) electrons. The molecule has 8 heteroatoms. The summed E-state index contributed by atoms with van der Waals surface area (Å²) in [5.74, 6) is 1.63. The fourth-order valence-electron chi connectivity index (χ4n) is 2.26. The Morgan fingerprint density at radius 2 is 2.17 bits per heavy atom. The van der Waals surface area contributed by atoms with Crippen LogP contribution in [0.25, 0.3) is 0 Å². The van der Waals surface area contributed by atoms with E-state index in [0.29, 0.717) is 6.54 Å². The van der Waals surface area contributed by atoms with Crippen LogP contribution in [0.2, 0.25) is 0 Å². The summed E-state index contributed by atoms with van der Waals surface area (Å²) in [5.41, 5.74) is 2.17. The minimum atomic E-state index is 0. The molecule has 0 aliphatic carbocycles. The van der Waals surface area contributed by atoms with Gasteiger partial charge in [0.05, 0.1) is 12.2 Å². The number of hydrogen-bond donors (Lipinski definition) is 1. The van der Waals surface area contributed by atoms with Gasteiger partial charge in [-0.2, -0.15) is 0 Å². The lowest BCUT2D eigenvalue weighted by molar-refractivity contribution is 0.378. The third-order valence-electron chi connectivity index (χ3n) is 3.52. The normalized spacial score (nSPS) is 11.3. The van der Waals surface area contributed by atoms with Crippen molar-refractivity contribution in [3.63, 3.8) is 0 Å². The van der Waals surface area contributed by atoms with Gasteiger partial charge in [0.25, 0.3) is 0 Å². The average molecular weight is 510 g/mol. The van der Waals surface area contributed by atoms with Gasteiger partial charge >= 0.3 is 0 Å². The van der Waals surface area contributed by atoms with Gasteiger partial charge in [0.1, 0.15) is 6.54 Å². The average Bonchev–Trinajstić information content (AvgIpc) is 3.10.